The van der Waals surface area contributed by atoms with E-state index < -0.39 is 17.9 Å². The Morgan fingerprint density at radius 2 is 0.734 bits per heavy atom. The Morgan fingerprint density at radius 1 is 0.456 bits per heavy atom. The number of rotatable bonds is 24. The smallest absolute Gasteiger partial charge is 0.349 e. The molecule has 0 unspecified atom stereocenters. The summed E-state index contributed by atoms with van der Waals surface area (Å²) in [6, 6.07) is -0.0358. The lowest BCUT2D eigenvalue weighted by Gasteiger charge is -2.46. The molecule has 3 saturated heterocycles. The van der Waals surface area contributed by atoms with Gasteiger partial charge in [0.05, 0.1) is 19.8 Å². The number of aromatic nitrogens is 9. The van der Waals surface area contributed by atoms with Gasteiger partial charge in [-0.3, -0.25) is 0 Å². The molecule has 27 heteroatoms. The average Bonchev–Trinajstić information content (AvgIpc) is 3.29. The number of hydrogen-bond acceptors (Lipinski definition) is 27. The molecule has 79 heavy (non-hydrogen) atoms. The Hall–Kier alpha value is -6.87. The van der Waals surface area contributed by atoms with Crippen molar-refractivity contribution in [3.63, 3.8) is 0 Å². The molecule has 3 aromatic heterocycles. The second kappa shape index (κ2) is 25.9. The lowest BCUT2D eigenvalue weighted by Crippen LogP contribution is -2.60. The summed E-state index contributed by atoms with van der Waals surface area (Å²) in [6.45, 7) is 32.5. The Kier molecular flexibility index (Phi) is 20.1. The van der Waals surface area contributed by atoms with Gasteiger partial charge in [0.25, 0.3) is 17.8 Å². The standard InChI is InChI=1S/C52H85N21O6/c1-16-77-35(74)29-55-40-61-38(63-43(65-40)58-32-23-47(4,5)70-48(6,7)24-32)53-19-21-73(46-68-42(57-31-37(76)79-18-3)67-45(69-46)60-34-27-51(12,13)72-52(14,15)28-34)22-20-54-39-62-41(56-30-36(75)78-17-2)66-44(64-39)59-33-25-49(8,9)71-50(10,11)26-33/h29-34,70-72H,16-28H2,1-15H3,(H,60,67,68,69)(H2,53,58,61,63,65)(H2,54,59,62,64,66). The Balaban J connectivity index is 1.34. The summed E-state index contributed by atoms with van der Waals surface area (Å²) in [4.78, 5) is 94.2. The molecule has 0 bridgehead atoms. The van der Waals surface area contributed by atoms with Crippen molar-refractivity contribution in [3.8, 4) is 0 Å². The average molecular weight is 1100 g/mol. The number of piperidine rings is 3. The van der Waals surface area contributed by atoms with Crippen LogP contribution in [0.3, 0.4) is 0 Å². The van der Waals surface area contributed by atoms with Crippen molar-refractivity contribution >= 4 is 90.1 Å². The molecule has 3 aromatic rings. The van der Waals surface area contributed by atoms with Gasteiger partial charge >= 0.3 is 17.9 Å². The molecule has 0 spiro atoms. The number of nitrogens with zero attached hydrogens (tertiary/aromatic N) is 13. The quantitative estimate of drug-likeness (QED) is 0.0323. The molecular weight excluding hydrogens is 1010 g/mol. The third-order valence-corrected chi connectivity index (χ3v) is 12.8. The molecule has 434 valence electrons. The minimum absolute atomic E-state index is 0.00117. The monoisotopic (exact) mass is 1100 g/mol. The predicted octanol–water partition coefficient (Wildman–Crippen LogP) is 5.23. The van der Waals surface area contributed by atoms with E-state index in [1.165, 1.54) is 0 Å². The highest BCUT2D eigenvalue weighted by atomic mass is 16.5. The molecule has 0 aromatic carbocycles. The van der Waals surface area contributed by atoms with Crippen LogP contribution < -0.4 is 47.4 Å². The predicted molar refractivity (Wildman–Crippen MR) is 307 cm³/mol. The largest absolute Gasteiger partial charge is 0.462 e. The minimum atomic E-state index is -0.652. The summed E-state index contributed by atoms with van der Waals surface area (Å²) >= 11 is 0. The maximum absolute atomic E-state index is 12.6. The summed E-state index contributed by atoms with van der Waals surface area (Å²) in [7, 11) is 0. The fourth-order valence-corrected chi connectivity index (χ4v) is 11.4. The number of aliphatic imine (C=N–C) groups is 3. The van der Waals surface area contributed by atoms with E-state index in [2.05, 4.69) is 166 Å². The topological polar surface area (TPSA) is 331 Å². The lowest BCUT2D eigenvalue weighted by molar-refractivity contribution is -0.135. The number of carbonyl (C=O) groups excluding carboxylic acids is 3. The molecule has 0 radical (unpaired) electrons. The van der Waals surface area contributed by atoms with Crippen LogP contribution in [0.1, 0.15) is 142 Å². The molecule has 6 rings (SSSR count). The van der Waals surface area contributed by atoms with Crippen molar-refractivity contribution in [2.45, 2.75) is 194 Å². The zero-order valence-corrected chi connectivity index (χ0v) is 48.9. The highest BCUT2D eigenvalue weighted by Gasteiger charge is 2.40. The van der Waals surface area contributed by atoms with E-state index in [9.17, 15) is 14.4 Å². The molecule has 27 nitrogen and oxygen atoms in total. The molecule has 8 N–H and O–H groups in total. The highest BCUT2D eigenvalue weighted by Crippen LogP contribution is 2.33. The number of ether oxygens (including phenoxy) is 3. The summed E-state index contributed by atoms with van der Waals surface area (Å²) < 4.78 is 15.3. The van der Waals surface area contributed by atoms with Crippen LogP contribution in [0.2, 0.25) is 0 Å². The second-order valence-electron chi connectivity index (χ2n) is 24.1. The molecule has 3 fully saturated rings. The summed E-state index contributed by atoms with van der Waals surface area (Å²) in [5.41, 5.74) is -1.08. The van der Waals surface area contributed by atoms with Gasteiger partial charge in [-0.05, 0) is 142 Å². The number of carbonyl (C=O) groups is 3. The van der Waals surface area contributed by atoms with Gasteiger partial charge in [-0.2, -0.15) is 44.9 Å². The first-order valence-electron chi connectivity index (χ1n) is 27.3. The van der Waals surface area contributed by atoms with Crippen molar-refractivity contribution in [1.82, 2.24) is 60.8 Å². The van der Waals surface area contributed by atoms with Gasteiger partial charge in [-0.15, -0.1) is 0 Å². The number of hydrogen-bond donors (Lipinski definition) is 8. The third-order valence-electron chi connectivity index (χ3n) is 12.8. The first-order valence-corrected chi connectivity index (χ1v) is 27.3. The number of anilines is 6. The van der Waals surface area contributed by atoms with Gasteiger partial charge in [0.15, 0.2) is 0 Å². The van der Waals surface area contributed by atoms with Crippen LogP contribution >= 0.6 is 0 Å². The van der Waals surface area contributed by atoms with Gasteiger partial charge in [-0.25, -0.2) is 29.4 Å². The van der Waals surface area contributed by atoms with Crippen molar-refractivity contribution in [3.05, 3.63) is 0 Å². The molecule has 0 atom stereocenters. The van der Waals surface area contributed by atoms with Crippen molar-refractivity contribution in [2.24, 2.45) is 15.0 Å². The lowest BCUT2D eigenvalue weighted by atomic mass is 9.79. The Morgan fingerprint density at radius 3 is 1.04 bits per heavy atom. The molecule has 0 amide bonds. The maximum Gasteiger partial charge on any atom is 0.349 e. The third kappa shape index (κ3) is 20.4. The highest BCUT2D eigenvalue weighted by molar-refractivity contribution is 6.24. The fraction of sp³-hybridized carbons (Fsp3) is 0.712. The van der Waals surface area contributed by atoms with Crippen LogP contribution in [0.25, 0.3) is 0 Å². The fourth-order valence-electron chi connectivity index (χ4n) is 11.4. The van der Waals surface area contributed by atoms with Crippen LogP contribution in [0.5, 0.6) is 0 Å². The van der Waals surface area contributed by atoms with E-state index in [1.807, 2.05) is 4.90 Å². The summed E-state index contributed by atoms with van der Waals surface area (Å²) in [6.07, 6.45) is 7.79. The van der Waals surface area contributed by atoms with Gasteiger partial charge in [0, 0.05) is 77.5 Å². The molecule has 0 aliphatic carbocycles. The minimum Gasteiger partial charge on any atom is -0.462 e. The van der Waals surface area contributed by atoms with E-state index in [0.29, 0.717) is 0 Å². The van der Waals surface area contributed by atoms with Crippen LogP contribution in [0.4, 0.5) is 53.5 Å². The number of nitrogens with one attached hydrogen (secondary N) is 8. The van der Waals surface area contributed by atoms with E-state index in [-0.39, 0.29) is 151 Å². The molecule has 3 aliphatic heterocycles. The number of esters is 3. The van der Waals surface area contributed by atoms with Crippen molar-refractivity contribution < 1.29 is 28.6 Å². The Labute approximate surface area is 464 Å². The van der Waals surface area contributed by atoms with E-state index in [1.54, 1.807) is 20.8 Å². The summed E-state index contributed by atoms with van der Waals surface area (Å²) in [5.74, 6) is -0.544. The molecular formula is C52H85N21O6. The normalized spacial score (nSPS) is 19.7. The zero-order chi connectivity index (χ0) is 57.8. The van der Waals surface area contributed by atoms with Crippen molar-refractivity contribution in [1.29, 1.82) is 0 Å². The van der Waals surface area contributed by atoms with Crippen LogP contribution in [-0.4, -0.2) is 179 Å². The summed E-state index contributed by atoms with van der Waals surface area (Å²) in [5, 5.41) is 28.4. The van der Waals surface area contributed by atoms with Crippen LogP contribution in [-0.2, 0) is 28.6 Å². The van der Waals surface area contributed by atoms with Gasteiger partial charge in [0.2, 0.25) is 35.7 Å². The first kappa shape index (κ1) is 61.3. The SMILES string of the molecule is CCOC(=O)C=Nc1nc(NCCN(CCNc2nc(N=CC(=O)OCC)nc(NC3CC(C)(C)NC(C)(C)C3)n2)c2nc(N=CC(=O)OCC)nc(NC3CC(C)(C)NC(C)(C)C3)n2)nc(NC2CC(C)(C)NC(C)(C)C2)n1. The second-order valence-corrected chi connectivity index (χ2v) is 24.1. The maximum atomic E-state index is 12.6. The van der Waals surface area contributed by atoms with E-state index in [4.69, 9.17) is 34.1 Å². The van der Waals surface area contributed by atoms with E-state index in [0.717, 1.165) is 57.2 Å². The Bertz CT molecular complexity index is 2510. The van der Waals surface area contributed by atoms with Crippen LogP contribution in [0, 0.1) is 0 Å². The van der Waals surface area contributed by atoms with Crippen LogP contribution in [0.15, 0.2) is 15.0 Å². The van der Waals surface area contributed by atoms with Gasteiger partial charge in [-0.1, -0.05) is 0 Å². The van der Waals surface area contributed by atoms with E-state index >= 15 is 0 Å². The molecule has 3 aliphatic rings. The van der Waals surface area contributed by atoms with Gasteiger partial charge in [0.1, 0.15) is 18.6 Å². The molecule has 6 heterocycles. The zero-order valence-electron chi connectivity index (χ0n) is 48.9. The van der Waals surface area contributed by atoms with Crippen molar-refractivity contribution in [2.75, 3.05) is 77.5 Å². The van der Waals surface area contributed by atoms with Gasteiger partial charge < -0.3 is 61.6 Å². The first-order chi connectivity index (χ1) is 37.0. The molecule has 0 saturated carbocycles.